The molecule has 0 bridgehead atoms. The number of carbonyl (C=O) groups excluding carboxylic acids is 3. The molecular weight excluding hydrogens is 467 g/mol. The maximum atomic E-state index is 13.0. The van der Waals surface area contributed by atoms with Crippen molar-refractivity contribution in [1.82, 2.24) is 10.2 Å². The molecule has 35 heavy (non-hydrogen) atoms. The van der Waals surface area contributed by atoms with Crippen molar-refractivity contribution in [3.63, 3.8) is 0 Å². The van der Waals surface area contributed by atoms with Crippen molar-refractivity contribution in [3.05, 3.63) is 41.0 Å². The van der Waals surface area contributed by atoms with E-state index in [0.717, 1.165) is 38.2 Å². The number of ether oxygens (including phenoxy) is 2. The van der Waals surface area contributed by atoms with E-state index in [1.165, 1.54) is 19.1 Å². The number of hydrogen-bond acceptors (Lipinski definition) is 6. The van der Waals surface area contributed by atoms with Gasteiger partial charge in [-0.05, 0) is 38.0 Å². The maximum absolute atomic E-state index is 13.0. The second-order valence-electron chi connectivity index (χ2n) is 9.07. The molecule has 0 saturated carbocycles. The number of esters is 1. The van der Waals surface area contributed by atoms with Gasteiger partial charge in [-0.25, -0.2) is 4.79 Å². The largest absolute Gasteiger partial charge is 0.450 e. The van der Waals surface area contributed by atoms with Crippen LogP contribution in [0, 0.1) is 0 Å². The molecule has 8 nitrogen and oxygen atoms in total. The fourth-order valence-electron chi connectivity index (χ4n) is 5.01. The molecule has 3 aliphatic rings. The summed E-state index contributed by atoms with van der Waals surface area (Å²) in [5, 5.41) is 4.84. The van der Waals surface area contributed by atoms with E-state index in [0.29, 0.717) is 32.0 Å². The Kier molecular flexibility index (Phi) is 7.18. The Bertz CT molecular complexity index is 1030. The first-order valence-electron chi connectivity index (χ1n) is 11.6. The van der Waals surface area contributed by atoms with E-state index in [1.54, 1.807) is 0 Å². The zero-order chi connectivity index (χ0) is 25.2. The van der Waals surface area contributed by atoms with Gasteiger partial charge in [-0.3, -0.25) is 14.5 Å². The van der Waals surface area contributed by atoms with Crippen molar-refractivity contribution in [1.29, 1.82) is 0 Å². The van der Waals surface area contributed by atoms with E-state index in [2.05, 4.69) is 15.5 Å². The molecule has 0 radical (unpaired) electrons. The van der Waals surface area contributed by atoms with Gasteiger partial charge in [-0.1, -0.05) is 6.07 Å². The second kappa shape index (κ2) is 9.98. The highest BCUT2D eigenvalue weighted by atomic mass is 19.4. The Labute approximate surface area is 200 Å². The zero-order valence-electron chi connectivity index (χ0n) is 19.4. The van der Waals surface area contributed by atoms with Crippen molar-refractivity contribution in [2.24, 2.45) is 0 Å². The predicted octanol–water partition coefficient (Wildman–Crippen LogP) is 2.65. The Morgan fingerprint density at radius 1 is 1.17 bits per heavy atom. The van der Waals surface area contributed by atoms with Crippen LogP contribution in [0.5, 0.6) is 0 Å². The van der Waals surface area contributed by atoms with Gasteiger partial charge in [0.1, 0.15) is 5.60 Å². The molecule has 0 atom stereocenters. The van der Waals surface area contributed by atoms with Gasteiger partial charge in [0, 0.05) is 56.4 Å². The van der Waals surface area contributed by atoms with Crippen LogP contribution in [-0.4, -0.2) is 67.2 Å². The summed E-state index contributed by atoms with van der Waals surface area (Å²) in [6, 6.07) is 4.63. The number of amides is 2. The third kappa shape index (κ3) is 5.51. The highest BCUT2D eigenvalue weighted by molar-refractivity contribution is 6.08. The molecule has 2 fully saturated rings. The average molecular weight is 495 g/mol. The fraction of sp³-hybridized carbons (Fsp3) is 0.542. The van der Waals surface area contributed by atoms with Gasteiger partial charge >= 0.3 is 12.1 Å². The molecule has 0 unspecified atom stereocenters. The monoisotopic (exact) mass is 495 g/mol. The SMILES string of the molecule is CC1=C(C(=O)NCC(=O)Nc2cccc(C(F)(F)F)c2)C2(CCN(C3CCOCC3)CC2)OC1=O. The summed E-state index contributed by atoms with van der Waals surface area (Å²) in [6.45, 7) is 3.83. The molecule has 2 amide bonds. The lowest BCUT2D eigenvalue weighted by Crippen LogP contribution is -2.52. The van der Waals surface area contributed by atoms with Crippen LogP contribution in [0.4, 0.5) is 18.9 Å². The van der Waals surface area contributed by atoms with Crippen LogP contribution in [-0.2, 0) is 30.0 Å². The molecule has 11 heteroatoms. The van der Waals surface area contributed by atoms with E-state index >= 15 is 0 Å². The van der Waals surface area contributed by atoms with Gasteiger partial charge < -0.3 is 20.1 Å². The van der Waals surface area contributed by atoms with Crippen LogP contribution in [0.15, 0.2) is 35.4 Å². The fourth-order valence-corrected chi connectivity index (χ4v) is 5.01. The maximum Gasteiger partial charge on any atom is 0.416 e. The second-order valence-corrected chi connectivity index (χ2v) is 9.07. The van der Waals surface area contributed by atoms with Crippen LogP contribution in [0.2, 0.25) is 0 Å². The van der Waals surface area contributed by atoms with Crippen molar-refractivity contribution < 1.29 is 37.0 Å². The first kappa shape index (κ1) is 25.2. The van der Waals surface area contributed by atoms with Crippen LogP contribution < -0.4 is 10.6 Å². The smallest absolute Gasteiger partial charge is 0.416 e. The lowest BCUT2D eigenvalue weighted by atomic mass is 9.82. The highest BCUT2D eigenvalue weighted by Crippen LogP contribution is 2.41. The number of benzene rings is 1. The third-order valence-electron chi connectivity index (χ3n) is 6.85. The standard InChI is InChI=1S/C24H28F3N3O5/c1-15-20(21(32)28-14-19(31)29-17-4-2-3-16(13-17)24(25,26)27)23(35-22(15)33)7-9-30(10-8-23)18-5-11-34-12-6-18/h2-4,13,18H,5-12,14H2,1H3,(H,28,32)(H,29,31). The van der Waals surface area contributed by atoms with Crippen LogP contribution in [0.1, 0.15) is 38.2 Å². The lowest BCUT2D eigenvalue weighted by molar-refractivity contribution is -0.151. The topological polar surface area (TPSA) is 97.0 Å². The number of nitrogens with zero attached hydrogens (tertiary/aromatic N) is 1. The van der Waals surface area contributed by atoms with Crippen molar-refractivity contribution in [2.75, 3.05) is 38.2 Å². The number of halogens is 3. The minimum absolute atomic E-state index is 0.0363. The Balaban J connectivity index is 1.37. The summed E-state index contributed by atoms with van der Waals surface area (Å²) in [5.74, 6) is -1.83. The van der Waals surface area contributed by atoms with Crippen LogP contribution in [0.3, 0.4) is 0 Å². The summed E-state index contributed by atoms with van der Waals surface area (Å²) >= 11 is 0. The minimum Gasteiger partial charge on any atom is -0.450 e. The normalized spacial score (nSPS) is 21.2. The zero-order valence-corrected chi connectivity index (χ0v) is 19.4. The van der Waals surface area contributed by atoms with Gasteiger partial charge in [0.2, 0.25) is 5.91 Å². The predicted molar refractivity (Wildman–Crippen MR) is 119 cm³/mol. The molecule has 3 heterocycles. The van der Waals surface area contributed by atoms with Gasteiger partial charge in [-0.2, -0.15) is 13.2 Å². The van der Waals surface area contributed by atoms with E-state index in [4.69, 9.17) is 9.47 Å². The summed E-state index contributed by atoms with van der Waals surface area (Å²) < 4.78 is 49.8. The number of likely N-dealkylation sites (tertiary alicyclic amines) is 1. The van der Waals surface area contributed by atoms with Crippen molar-refractivity contribution in [2.45, 2.75) is 50.4 Å². The van der Waals surface area contributed by atoms with Crippen molar-refractivity contribution in [3.8, 4) is 0 Å². The summed E-state index contributed by atoms with van der Waals surface area (Å²) in [6.07, 6.45) is -1.73. The van der Waals surface area contributed by atoms with Crippen molar-refractivity contribution >= 4 is 23.5 Å². The molecule has 1 spiro atoms. The molecule has 1 aromatic carbocycles. The Morgan fingerprint density at radius 3 is 2.51 bits per heavy atom. The quantitative estimate of drug-likeness (QED) is 0.610. The average Bonchev–Trinajstić information content (AvgIpc) is 3.07. The molecule has 4 rings (SSSR count). The molecule has 3 aliphatic heterocycles. The Morgan fingerprint density at radius 2 is 1.86 bits per heavy atom. The molecule has 1 aromatic rings. The molecule has 0 aromatic heterocycles. The van der Waals surface area contributed by atoms with Gasteiger partial charge in [0.15, 0.2) is 0 Å². The number of hydrogen-bond donors (Lipinski definition) is 2. The molecular formula is C24H28F3N3O5. The summed E-state index contributed by atoms with van der Waals surface area (Å²) in [4.78, 5) is 40.0. The van der Waals surface area contributed by atoms with E-state index in [-0.39, 0.29) is 16.8 Å². The number of anilines is 1. The van der Waals surface area contributed by atoms with Gasteiger partial charge in [0.25, 0.3) is 5.91 Å². The first-order valence-corrected chi connectivity index (χ1v) is 11.6. The third-order valence-corrected chi connectivity index (χ3v) is 6.85. The summed E-state index contributed by atoms with van der Waals surface area (Å²) in [7, 11) is 0. The van der Waals surface area contributed by atoms with Crippen LogP contribution >= 0.6 is 0 Å². The van der Waals surface area contributed by atoms with Gasteiger partial charge in [-0.15, -0.1) is 0 Å². The van der Waals surface area contributed by atoms with Gasteiger partial charge in [0.05, 0.1) is 17.7 Å². The highest BCUT2D eigenvalue weighted by Gasteiger charge is 2.51. The number of carbonyl (C=O) groups is 3. The minimum atomic E-state index is -4.54. The first-order chi connectivity index (χ1) is 16.6. The molecule has 0 aliphatic carbocycles. The van der Waals surface area contributed by atoms with Crippen LogP contribution in [0.25, 0.3) is 0 Å². The number of nitrogens with one attached hydrogen (secondary N) is 2. The van der Waals surface area contributed by atoms with E-state index in [1.807, 2.05) is 0 Å². The molecule has 2 saturated heterocycles. The van der Waals surface area contributed by atoms with E-state index in [9.17, 15) is 27.6 Å². The lowest BCUT2D eigenvalue weighted by Gasteiger charge is -2.43. The molecule has 2 N–H and O–H groups in total. The summed E-state index contributed by atoms with van der Waals surface area (Å²) in [5.41, 5.74) is -1.53. The number of rotatable bonds is 5. The number of alkyl halides is 3. The van der Waals surface area contributed by atoms with E-state index < -0.39 is 41.7 Å². The number of piperidine rings is 1. The molecule has 190 valence electrons. The Hall–Kier alpha value is -2.92.